The number of hydrogen-bond donors (Lipinski definition) is 1. The highest BCUT2D eigenvalue weighted by molar-refractivity contribution is 5.75. The summed E-state index contributed by atoms with van der Waals surface area (Å²) in [4.78, 5) is 15.9. The Balaban J connectivity index is 1.98. The average Bonchev–Trinajstić information content (AvgIpc) is 2.50. The summed E-state index contributed by atoms with van der Waals surface area (Å²) < 4.78 is 5.83. The van der Waals surface area contributed by atoms with Gasteiger partial charge in [0.25, 0.3) is 0 Å². The molecule has 2 aromatic rings. The first-order valence-electron chi connectivity index (χ1n) is 8.04. The summed E-state index contributed by atoms with van der Waals surface area (Å²) in [6.07, 6.45) is 4.22. The third-order valence-electron chi connectivity index (χ3n) is 3.46. The summed E-state index contributed by atoms with van der Waals surface area (Å²) in [5.74, 6) is 1.40. The number of amides is 1. The van der Waals surface area contributed by atoms with E-state index in [1.54, 1.807) is 6.20 Å². The van der Waals surface area contributed by atoms with Crippen LogP contribution in [-0.4, -0.2) is 10.9 Å². The van der Waals surface area contributed by atoms with Crippen molar-refractivity contribution in [1.29, 1.82) is 0 Å². The second-order valence-electron chi connectivity index (χ2n) is 5.81. The van der Waals surface area contributed by atoms with Crippen LogP contribution in [0.4, 0.5) is 0 Å². The lowest BCUT2D eigenvalue weighted by molar-refractivity contribution is -0.121. The van der Waals surface area contributed by atoms with Crippen molar-refractivity contribution in [3.8, 4) is 11.6 Å². The van der Waals surface area contributed by atoms with Gasteiger partial charge in [-0.2, -0.15) is 0 Å². The molecular weight excluding hydrogens is 288 g/mol. The summed E-state index contributed by atoms with van der Waals surface area (Å²) >= 11 is 0. The molecule has 2 rings (SSSR count). The fourth-order valence-corrected chi connectivity index (χ4v) is 2.36. The highest BCUT2D eigenvalue weighted by Crippen LogP contribution is 2.22. The van der Waals surface area contributed by atoms with E-state index in [9.17, 15) is 4.79 Å². The van der Waals surface area contributed by atoms with Gasteiger partial charge in [0, 0.05) is 25.2 Å². The maximum absolute atomic E-state index is 11.7. The second-order valence-corrected chi connectivity index (χ2v) is 5.81. The lowest BCUT2D eigenvalue weighted by Crippen LogP contribution is -2.22. The van der Waals surface area contributed by atoms with E-state index < -0.39 is 0 Å². The molecule has 122 valence electrons. The molecule has 4 heteroatoms. The minimum absolute atomic E-state index is 0.0837. The monoisotopic (exact) mass is 312 g/mol. The van der Waals surface area contributed by atoms with Crippen molar-refractivity contribution in [3.05, 3.63) is 53.2 Å². The Bertz CT molecular complexity index is 648. The third kappa shape index (κ3) is 5.74. The van der Waals surface area contributed by atoms with Crippen LogP contribution >= 0.6 is 0 Å². The molecule has 23 heavy (non-hydrogen) atoms. The summed E-state index contributed by atoms with van der Waals surface area (Å²) in [5, 5.41) is 2.92. The Hall–Kier alpha value is -2.36. The van der Waals surface area contributed by atoms with Crippen molar-refractivity contribution < 1.29 is 9.53 Å². The number of nitrogens with one attached hydrogen (secondary N) is 1. The van der Waals surface area contributed by atoms with Crippen molar-refractivity contribution in [1.82, 2.24) is 10.3 Å². The first kappa shape index (κ1) is 17.0. The van der Waals surface area contributed by atoms with Gasteiger partial charge >= 0.3 is 0 Å². The van der Waals surface area contributed by atoms with E-state index >= 15 is 0 Å². The summed E-state index contributed by atoms with van der Waals surface area (Å²) in [5.41, 5.74) is 3.28. The topological polar surface area (TPSA) is 51.2 Å². The Labute approximate surface area is 137 Å². The van der Waals surface area contributed by atoms with Crippen LogP contribution in [0.2, 0.25) is 0 Å². The first-order chi connectivity index (χ1) is 11.1. The number of aromatic nitrogens is 1. The molecule has 0 spiro atoms. The number of aryl methyl sites for hydroxylation is 2. The largest absolute Gasteiger partial charge is 0.439 e. The molecule has 0 saturated heterocycles. The Kier molecular flexibility index (Phi) is 6.15. The molecule has 1 N–H and O–H groups in total. The van der Waals surface area contributed by atoms with Gasteiger partial charge < -0.3 is 10.1 Å². The van der Waals surface area contributed by atoms with E-state index in [2.05, 4.69) is 23.3 Å². The second kappa shape index (κ2) is 8.32. The minimum atomic E-state index is 0.0837. The van der Waals surface area contributed by atoms with E-state index in [1.165, 1.54) is 0 Å². The summed E-state index contributed by atoms with van der Waals surface area (Å²) in [7, 11) is 0. The Morgan fingerprint density at radius 2 is 1.91 bits per heavy atom. The molecule has 0 aliphatic rings. The maximum Gasteiger partial charge on any atom is 0.220 e. The normalized spacial score (nSPS) is 10.4. The van der Waals surface area contributed by atoms with Gasteiger partial charge in [-0.25, -0.2) is 4.98 Å². The number of carbonyl (C=O) groups excluding carboxylic acids is 1. The van der Waals surface area contributed by atoms with Crippen LogP contribution in [0.5, 0.6) is 11.6 Å². The van der Waals surface area contributed by atoms with Crippen LogP contribution in [0.25, 0.3) is 0 Å². The number of benzene rings is 1. The van der Waals surface area contributed by atoms with Crippen LogP contribution in [0.3, 0.4) is 0 Å². The number of nitrogens with zero attached hydrogens (tertiary/aromatic N) is 1. The molecule has 1 heterocycles. The zero-order valence-corrected chi connectivity index (χ0v) is 14.1. The molecule has 0 unspecified atom stereocenters. The SMILES string of the molecule is CCCCC(=O)NCc1ccnc(Oc2cc(C)cc(C)c2)c1. The molecule has 0 aliphatic carbocycles. The Morgan fingerprint density at radius 1 is 1.17 bits per heavy atom. The van der Waals surface area contributed by atoms with Crippen LogP contribution in [0.15, 0.2) is 36.5 Å². The molecule has 4 nitrogen and oxygen atoms in total. The molecular formula is C19H24N2O2. The highest BCUT2D eigenvalue weighted by atomic mass is 16.5. The van der Waals surface area contributed by atoms with Gasteiger partial charge in [0.15, 0.2) is 0 Å². The van der Waals surface area contributed by atoms with Crippen LogP contribution in [0, 0.1) is 13.8 Å². The molecule has 1 aromatic carbocycles. The molecule has 1 aromatic heterocycles. The third-order valence-corrected chi connectivity index (χ3v) is 3.46. The van der Waals surface area contributed by atoms with Crippen molar-refractivity contribution in [2.75, 3.05) is 0 Å². The molecule has 0 fully saturated rings. The zero-order valence-electron chi connectivity index (χ0n) is 14.1. The van der Waals surface area contributed by atoms with Crippen LogP contribution in [-0.2, 0) is 11.3 Å². The smallest absolute Gasteiger partial charge is 0.220 e. The number of ether oxygens (including phenoxy) is 1. The maximum atomic E-state index is 11.7. The zero-order chi connectivity index (χ0) is 16.7. The standard InChI is InChI=1S/C19H24N2O2/c1-4-5-6-18(22)21-13-16-7-8-20-19(12-16)23-17-10-14(2)9-15(3)11-17/h7-12H,4-6,13H2,1-3H3,(H,21,22). The number of unbranched alkanes of at least 4 members (excludes halogenated alkanes) is 1. The molecule has 1 amide bonds. The molecule has 0 aliphatic heterocycles. The van der Waals surface area contributed by atoms with Gasteiger partial charge in [-0.3, -0.25) is 4.79 Å². The quantitative estimate of drug-likeness (QED) is 0.829. The van der Waals surface area contributed by atoms with Gasteiger partial charge in [-0.05, 0) is 55.2 Å². The van der Waals surface area contributed by atoms with E-state index in [0.717, 1.165) is 35.3 Å². The lowest BCUT2D eigenvalue weighted by atomic mass is 10.1. The van der Waals surface area contributed by atoms with Gasteiger partial charge in [-0.15, -0.1) is 0 Å². The van der Waals surface area contributed by atoms with Gasteiger partial charge in [-0.1, -0.05) is 19.4 Å². The number of carbonyl (C=O) groups is 1. The Morgan fingerprint density at radius 3 is 2.61 bits per heavy atom. The minimum Gasteiger partial charge on any atom is -0.439 e. The van der Waals surface area contributed by atoms with Gasteiger partial charge in [0.2, 0.25) is 11.8 Å². The van der Waals surface area contributed by atoms with E-state index in [-0.39, 0.29) is 5.91 Å². The lowest BCUT2D eigenvalue weighted by Gasteiger charge is -2.09. The van der Waals surface area contributed by atoms with E-state index in [4.69, 9.17) is 4.74 Å². The van der Waals surface area contributed by atoms with E-state index in [0.29, 0.717) is 18.8 Å². The predicted octanol–water partition coefficient (Wildman–Crippen LogP) is 4.30. The number of pyridine rings is 1. The summed E-state index contributed by atoms with van der Waals surface area (Å²) in [6, 6.07) is 9.80. The van der Waals surface area contributed by atoms with Crippen molar-refractivity contribution in [2.24, 2.45) is 0 Å². The van der Waals surface area contributed by atoms with Crippen molar-refractivity contribution in [2.45, 2.75) is 46.6 Å². The summed E-state index contributed by atoms with van der Waals surface area (Å²) in [6.45, 7) is 6.64. The molecule has 0 saturated carbocycles. The molecule has 0 atom stereocenters. The molecule has 0 radical (unpaired) electrons. The van der Waals surface area contributed by atoms with Crippen molar-refractivity contribution >= 4 is 5.91 Å². The fraction of sp³-hybridized carbons (Fsp3) is 0.368. The van der Waals surface area contributed by atoms with Crippen molar-refractivity contribution in [3.63, 3.8) is 0 Å². The first-order valence-corrected chi connectivity index (χ1v) is 8.04. The highest BCUT2D eigenvalue weighted by Gasteiger charge is 2.04. The van der Waals surface area contributed by atoms with Crippen LogP contribution in [0.1, 0.15) is 42.9 Å². The fourth-order valence-electron chi connectivity index (χ4n) is 2.36. The van der Waals surface area contributed by atoms with Gasteiger partial charge in [0.05, 0.1) is 0 Å². The van der Waals surface area contributed by atoms with Gasteiger partial charge in [0.1, 0.15) is 5.75 Å². The van der Waals surface area contributed by atoms with E-state index in [1.807, 2.05) is 38.1 Å². The predicted molar refractivity (Wildman–Crippen MR) is 91.6 cm³/mol. The van der Waals surface area contributed by atoms with Crippen LogP contribution < -0.4 is 10.1 Å². The average molecular weight is 312 g/mol. The number of rotatable bonds is 7. The molecule has 0 bridgehead atoms. The number of hydrogen-bond acceptors (Lipinski definition) is 3.